The van der Waals surface area contributed by atoms with Crippen LogP contribution in [0, 0.1) is 0 Å². The van der Waals surface area contributed by atoms with Crippen molar-refractivity contribution < 1.29 is 41.6 Å². The average Bonchev–Trinajstić information content (AvgIpc) is 2.85. The van der Waals surface area contributed by atoms with E-state index < -0.39 is 11.8 Å². The molecule has 0 fully saturated rings. The molecule has 0 atom stereocenters. The molecule has 0 aromatic rings. The molecule has 0 unspecified atom stereocenters. The highest BCUT2D eigenvalue weighted by molar-refractivity contribution is 14.1. The number of nitrogens with one attached hydrogen (secondary N) is 4. The molecule has 0 saturated carbocycles. The van der Waals surface area contributed by atoms with Gasteiger partial charge in [0.15, 0.2) is 23.0 Å². The maximum atomic E-state index is 11.7. The van der Waals surface area contributed by atoms with Crippen LogP contribution >= 0.6 is 23.0 Å². The summed E-state index contributed by atoms with van der Waals surface area (Å²) in [5.74, 6) is -1.30. The van der Waals surface area contributed by atoms with Gasteiger partial charge in [0.05, 0.1) is 39.5 Å². The Labute approximate surface area is 221 Å². The van der Waals surface area contributed by atoms with Crippen LogP contribution in [0.5, 0.6) is 0 Å². The lowest BCUT2D eigenvalue weighted by atomic mass is 10.2. The molecule has 0 saturated heterocycles. The third-order valence-electron chi connectivity index (χ3n) is 3.75. The molecule has 0 heterocycles. The van der Waals surface area contributed by atoms with Gasteiger partial charge in [-0.1, -0.05) is 13.8 Å². The third kappa shape index (κ3) is 30.5. The van der Waals surface area contributed by atoms with Crippen LogP contribution in [0.15, 0.2) is 0 Å². The Kier molecular flexibility index (Phi) is 29.4. The highest BCUT2D eigenvalue weighted by Crippen LogP contribution is 1.91. The minimum atomic E-state index is -0.459. The molecule has 4 N–H and O–H groups in total. The zero-order chi connectivity index (χ0) is 26.6. The van der Waals surface area contributed by atoms with Gasteiger partial charge in [-0.05, 0) is 19.8 Å². The zero-order valence-corrected chi connectivity index (χ0v) is 23.1. The Morgan fingerprint density at radius 3 is 1.69 bits per heavy atom. The number of carbonyl (C=O) groups excluding carboxylic acids is 4. The largest absolute Gasteiger partial charge is 0.379 e. The number of carbonyl (C=O) groups is 4. The van der Waals surface area contributed by atoms with Gasteiger partial charge in [-0.2, -0.15) is 5.48 Å². The van der Waals surface area contributed by atoms with Crippen molar-refractivity contribution in [1.82, 2.24) is 21.4 Å². The predicted octanol–water partition coefficient (Wildman–Crippen LogP) is 0.363. The van der Waals surface area contributed by atoms with E-state index in [1.54, 1.807) is 23.0 Å². The lowest BCUT2D eigenvalue weighted by Crippen LogP contribution is -2.39. The van der Waals surface area contributed by atoms with Crippen molar-refractivity contribution in [3.8, 4) is 0 Å². The van der Waals surface area contributed by atoms with Gasteiger partial charge in [-0.3, -0.25) is 19.2 Å². The lowest BCUT2D eigenvalue weighted by Gasteiger charge is -2.08. The first-order valence-corrected chi connectivity index (χ1v) is 12.5. The summed E-state index contributed by atoms with van der Waals surface area (Å²) in [4.78, 5) is 50.0. The van der Waals surface area contributed by atoms with E-state index in [4.69, 9.17) is 14.2 Å². The molecule has 0 radical (unpaired) electrons. The summed E-state index contributed by atoms with van der Waals surface area (Å²) in [6, 6.07) is 0. The smallest absolute Gasteiger partial charge is 0.239 e. The van der Waals surface area contributed by atoms with Crippen LogP contribution in [0.1, 0.15) is 46.5 Å². The van der Waals surface area contributed by atoms with E-state index >= 15 is 0 Å². The lowest BCUT2D eigenvalue weighted by molar-refractivity contribution is -0.223. The minimum absolute atomic E-state index is 0.0226. The number of hydrogen-bond donors (Lipinski definition) is 4. The standard InChI is InChI=1S/C19H35IN4O9.C2H6/c1-16(25)14-22-19(28)15-23-18(27)5-4-17(26)21-6-2-8-29-10-12-31-13-11-30-9-3-7-24-33-32-20;1-2/h24H,2-15H2,1H3,(H,21,26)(H,22,28)(H,23,27);1-2H3. The fraction of sp³-hybridized carbons (Fsp3) is 0.810. The predicted molar refractivity (Wildman–Crippen MR) is 136 cm³/mol. The number of hydroxylamine groups is 1. The van der Waals surface area contributed by atoms with Crippen molar-refractivity contribution in [2.75, 3.05) is 65.8 Å². The summed E-state index contributed by atoms with van der Waals surface area (Å²) in [6.07, 6.45) is 1.42. The number of amides is 3. The van der Waals surface area contributed by atoms with Gasteiger partial charge in [0, 0.05) is 39.1 Å². The second-order valence-corrected chi connectivity index (χ2v) is 7.05. The molecule has 3 amide bonds. The normalized spacial score (nSPS) is 10.2. The Morgan fingerprint density at radius 1 is 0.657 bits per heavy atom. The van der Waals surface area contributed by atoms with E-state index in [0.717, 1.165) is 6.42 Å². The molecule has 0 aliphatic carbocycles. The van der Waals surface area contributed by atoms with Crippen LogP contribution in [-0.4, -0.2) is 89.3 Å². The van der Waals surface area contributed by atoms with Crippen molar-refractivity contribution in [3.05, 3.63) is 0 Å². The summed E-state index contributed by atoms with van der Waals surface area (Å²) in [5.41, 5.74) is 2.59. The molecule has 0 aromatic carbocycles. The van der Waals surface area contributed by atoms with E-state index in [9.17, 15) is 19.2 Å². The third-order valence-corrected chi connectivity index (χ3v) is 3.93. The van der Waals surface area contributed by atoms with Gasteiger partial charge < -0.3 is 30.2 Å². The number of ether oxygens (including phenoxy) is 3. The van der Waals surface area contributed by atoms with Crippen molar-refractivity contribution in [2.24, 2.45) is 0 Å². The molecule has 14 heteroatoms. The highest BCUT2D eigenvalue weighted by atomic mass is 127. The maximum Gasteiger partial charge on any atom is 0.239 e. The summed E-state index contributed by atoms with van der Waals surface area (Å²) in [5, 5.41) is 7.45. The quantitative estimate of drug-likeness (QED) is 0.0543. The molecule has 0 spiro atoms. The van der Waals surface area contributed by atoms with E-state index in [-0.39, 0.29) is 37.6 Å². The number of ketones is 1. The molecule has 206 valence electrons. The van der Waals surface area contributed by atoms with Crippen LogP contribution in [0.4, 0.5) is 0 Å². The topological polar surface area (TPSA) is 163 Å². The number of rotatable bonds is 23. The Balaban J connectivity index is 0. The second kappa shape index (κ2) is 28.8. The van der Waals surface area contributed by atoms with Crippen LogP contribution in [0.25, 0.3) is 0 Å². The molecule has 13 nitrogen and oxygen atoms in total. The number of halogens is 1. The molecule has 35 heavy (non-hydrogen) atoms. The SMILES string of the molecule is CC.CC(=O)CNC(=O)CNC(=O)CCC(=O)NCCCOCCOCCOCCCNOOI. The Hall–Kier alpha value is -1.43. The summed E-state index contributed by atoms with van der Waals surface area (Å²) >= 11 is 1.61. The zero-order valence-electron chi connectivity index (χ0n) is 21.0. The molecule has 0 aliphatic heterocycles. The van der Waals surface area contributed by atoms with Gasteiger partial charge in [0.25, 0.3) is 0 Å². The van der Waals surface area contributed by atoms with Crippen LogP contribution in [-0.2, 0) is 41.6 Å². The van der Waals surface area contributed by atoms with Crippen LogP contribution in [0.2, 0.25) is 0 Å². The summed E-state index contributed by atoms with van der Waals surface area (Å²) in [7, 11) is 0. The van der Waals surface area contributed by atoms with Crippen molar-refractivity contribution in [1.29, 1.82) is 0 Å². The van der Waals surface area contributed by atoms with Gasteiger partial charge in [-0.15, -0.1) is 8.21 Å². The summed E-state index contributed by atoms with van der Waals surface area (Å²) < 4.78 is 20.5. The Bertz CT molecular complexity index is 557. The summed E-state index contributed by atoms with van der Waals surface area (Å²) in [6.45, 7) is 9.06. The molecule has 0 rings (SSSR count). The molecular formula is C21H41IN4O9. The minimum Gasteiger partial charge on any atom is -0.379 e. The molecule has 0 aromatic heterocycles. The van der Waals surface area contributed by atoms with Gasteiger partial charge in [0.1, 0.15) is 5.78 Å². The fourth-order valence-electron chi connectivity index (χ4n) is 2.12. The van der Waals surface area contributed by atoms with E-state index in [1.807, 2.05) is 13.8 Å². The second-order valence-electron chi connectivity index (χ2n) is 6.69. The molecular weight excluding hydrogens is 579 g/mol. The highest BCUT2D eigenvalue weighted by Gasteiger charge is 2.08. The van der Waals surface area contributed by atoms with Crippen LogP contribution < -0.4 is 21.4 Å². The van der Waals surface area contributed by atoms with E-state index in [1.165, 1.54) is 6.92 Å². The van der Waals surface area contributed by atoms with E-state index in [0.29, 0.717) is 59.2 Å². The number of hydrogen-bond acceptors (Lipinski definition) is 10. The van der Waals surface area contributed by atoms with Crippen molar-refractivity contribution in [3.63, 3.8) is 0 Å². The van der Waals surface area contributed by atoms with Gasteiger partial charge >= 0.3 is 0 Å². The van der Waals surface area contributed by atoms with Gasteiger partial charge in [-0.25, -0.2) is 0 Å². The maximum absolute atomic E-state index is 11.7. The molecule has 0 aliphatic rings. The monoisotopic (exact) mass is 620 g/mol. The molecule has 0 bridgehead atoms. The Morgan fingerprint density at radius 2 is 1.14 bits per heavy atom. The fourth-order valence-corrected chi connectivity index (χ4v) is 2.25. The first-order valence-electron chi connectivity index (χ1n) is 11.7. The van der Waals surface area contributed by atoms with Gasteiger partial charge in [0.2, 0.25) is 17.7 Å². The van der Waals surface area contributed by atoms with E-state index in [2.05, 4.69) is 29.6 Å². The average molecular weight is 620 g/mol. The van der Waals surface area contributed by atoms with Crippen molar-refractivity contribution >= 4 is 46.5 Å². The van der Waals surface area contributed by atoms with Crippen molar-refractivity contribution in [2.45, 2.75) is 46.5 Å². The first kappa shape index (κ1) is 35.7. The van der Waals surface area contributed by atoms with Crippen LogP contribution in [0.3, 0.4) is 0 Å². The number of Topliss-reactive ketones (excluding diaryl/α,β-unsaturated/α-hetero) is 1. The first-order chi connectivity index (χ1) is 17.0.